The summed E-state index contributed by atoms with van der Waals surface area (Å²) < 4.78 is 7.78. The fourth-order valence-corrected chi connectivity index (χ4v) is 2.83. The van der Waals surface area contributed by atoms with E-state index in [1.165, 1.54) is 6.42 Å². The molecule has 0 aromatic carbocycles. The highest BCUT2D eigenvalue weighted by Crippen LogP contribution is 2.28. The molecule has 3 rings (SSSR count). The molecular weight excluding hydrogens is 272 g/mol. The third-order valence-electron chi connectivity index (χ3n) is 3.57. The molecule has 1 atom stereocenters. The molecule has 20 heavy (non-hydrogen) atoms. The Balaban J connectivity index is 1.92. The highest BCUT2D eigenvalue weighted by Gasteiger charge is 2.20. The molecule has 1 saturated heterocycles. The molecule has 2 aromatic rings. The molecule has 5 nitrogen and oxygen atoms in total. The molecule has 106 valence electrons. The number of hydrogen-bond donors (Lipinski definition) is 0. The minimum atomic E-state index is 0.0688. The first-order valence-electron chi connectivity index (χ1n) is 6.82. The fraction of sp³-hybridized carbons (Fsp3) is 0.500. The van der Waals surface area contributed by atoms with Gasteiger partial charge in [-0.1, -0.05) is 11.8 Å². The Morgan fingerprint density at radius 1 is 1.40 bits per heavy atom. The van der Waals surface area contributed by atoms with Gasteiger partial charge in [0.1, 0.15) is 6.23 Å². The van der Waals surface area contributed by atoms with Crippen LogP contribution in [0.5, 0.6) is 0 Å². The van der Waals surface area contributed by atoms with Crippen molar-refractivity contribution in [2.24, 2.45) is 0 Å². The van der Waals surface area contributed by atoms with Crippen LogP contribution < -0.4 is 0 Å². The Morgan fingerprint density at radius 2 is 2.30 bits per heavy atom. The Labute approximate surface area is 122 Å². The lowest BCUT2D eigenvalue weighted by molar-refractivity contribution is -0.0406. The zero-order chi connectivity index (χ0) is 13.9. The van der Waals surface area contributed by atoms with E-state index < -0.39 is 0 Å². The summed E-state index contributed by atoms with van der Waals surface area (Å²) in [6.07, 6.45) is 9.09. The molecular formula is C14H18N4OS. The first-order valence-corrected chi connectivity index (χ1v) is 8.05. The molecule has 0 amide bonds. The second-order valence-electron chi connectivity index (χ2n) is 4.84. The Kier molecular flexibility index (Phi) is 4.03. The fourth-order valence-electron chi connectivity index (χ4n) is 2.47. The molecule has 0 aliphatic carbocycles. The summed E-state index contributed by atoms with van der Waals surface area (Å²) in [4.78, 5) is 8.75. The van der Waals surface area contributed by atoms with Crippen LogP contribution in [-0.4, -0.2) is 32.6 Å². The van der Waals surface area contributed by atoms with Crippen LogP contribution in [0.2, 0.25) is 0 Å². The van der Waals surface area contributed by atoms with Crippen LogP contribution in [0, 0.1) is 6.92 Å². The SMILES string of the molecule is CSc1nccc(-c2cnn(C3CCCCO3)c2C)n1. The van der Waals surface area contributed by atoms with Gasteiger partial charge >= 0.3 is 0 Å². The first kappa shape index (κ1) is 13.6. The topological polar surface area (TPSA) is 52.8 Å². The summed E-state index contributed by atoms with van der Waals surface area (Å²) in [6.45, 7) is 2.89. The zero-order valence-corrected chi connectivity index (χ0v) is 12.6. The van der Waals surface area contributed by atoms with Crippen LogP contribution >= 0.6 is 11.8 Å². The van der Waals surface area contributed by atoms with Crippen molar-refractivity contribution in [2.75, 3.05) is 12.9 Å². The van der Waals surface area contributed by atoms with Crippen molar-refractivity contribution in [1.82, 2.24) is 19.7 Å². The van der Waals surface area contributed by atoms with Crippen LogP contribution in [-0.2, 0) is 4.74 Å². The number of hydrogen-bond acceptors (Lipinski definition) is 5. The smallest absolute Gasteiger partial charge is 0.187 e. The van der Waals surface area contributed by atoms with Gasteiger partial charge in [0.2, 0.25) is 0 Å². The van der Waals surface area contributed by atoms with Crippen LogP contribution in [0.4, 0.5) is 0 Å². The number of thioether (sulfide) groups is 1. The third-order valence-corrected chi connectivity index (χ3v) is 4.13. The number of aromatic nitrogens is 4. The summed E-state index contributed by atoms with van der Waals surface area (Å²) in [5.41, 5.74) is 3.07. The first-order chi connectivity index (χ1) is 9.79. The predicted octanol–water partition coefficient (Wildman–Crippen LogP) is 3.07. The maximum atomic E-state index is 5.80. The summed E-state index contributed by atoms with van der Waals surface area (Å²) in [5.74, 6) is 0. The van der Waals surface area contributed by atoms with Gasteiger partial charge in [0.05, 0.1) is 11.9 Å². The summed E-state index contributed by atoms with van der Waals surface area (Å²) in [6, 6.07) is 1.93. The minimum Gasteiger partial charge on any atom is -0.357 e. The van der Waals surface area contributed by atoms with Crippen molar-refractivity contribution in [2.45, 2.75) is 37.6 Å². The van der Waals surface area contributed by atoms with Gasteiger partial charge < -0.3 is 4.74 Å². The molecule has 1 unspecified atom stereocenters. The predicted molar refractivity (Wildman–Crippen MR) is 78.6 cm³/mol. The average molecular weight is 290 g/mol. The summed E-state index contributed by atoms with van der Waals surface area (Å²) >= 11 is 1.54. The highest BCUT2D eigenvalue weighted by molar-refractivity contribution is 7.98. The Morgan fingerprint density at radius 3 is 3.05 bits per heavy atom. The highest BCUT2D eigenvalue weighted by atomic mass is 32.2. The van der Waals surface area contributed by atoms with Gasteiger partial charge in [0.25, 0.3) is 0 Å². The van der Waals surface area contributed by atoms with E-state index in [1.54, 1.807) is 18.0 Å². The van der Waals surface area contributed by atoms with E-state index in [-0.39, 0.29) is 6.23 Å². The molecule has 0 saturated carbocycles. The van der Waals surface area contributed by atoms with Crippen molar-refractivity contribution in [3.05, 3.63) is 24.2 Å². The monoisotopic (exact) mass is 290 g/mol. The van der Waals surface area contributed by atoms with E-state index in [4.69, 9.17) is 4.74 Å². The van der Waals surface area contributed by atoms with E-state index in [2.05, 4.69) is 22.0 Å². The van der Waals surface area contributed by atoms with Gasteiger partial charge in [0.15, 0.2) is 5.16 Å². The van der Waals surface area contributed by atoms with Crippen molar-refractivity contribution >= 4 is 11.8 Å². The van der Waals surface area contributed by atoms with Crippen molar-refractivity contribution in [3.8, 4) is 11.3 Å². The Hall–Kier alpha value is -1.40. The van der Waals surface area contributed by atoms with Crippen molar-refractivity contribution in [1.29, 1.82) is 0 Å². The van der Waals surface area contributed by atoms with Gasteiger partial charge in [-0.05, 0) is 38.5 Å². The van der Waals surface area contributed by atoms with Gasteiger partial charge in [-0.15, -0.1) is 0 Å². The quantitative estimate of drug-likeness (QED) is 0.642. The van der Waals surface area contributed by atoms with E-state index in [0.29, 0.717) is 0 Å². The molecule has 0 N–H and O–H groups in total. The van der Waals surface area contributed by atoms with Crippen LogP contribution in [0.3, 0.4) is 0 Å². The van der Waals surface area contributed by atoms with E-state index in [9.17, 15) is 0 Å². The van der Waals surface area contributed by atoms with E-state index in [1.807, 2.05) is 23.2 Å². The molecule has 0 radical (unpaired) electrons. The van der Waals surface area contributed by atoms with Crippen LogP contribution in [0.1, 0.15) is 31.2 Å². The summed E-state index contributed by atoms with van der Waals surface area (Å²) in [5, 5.41) is 5.28. The standard InChI is InChI=1S/C14H18N4OS/c1-10-11(12-6-7-15-14(17-12)20-2)9-16-18(10)13-5-3-4-8-19-13/h6-7,9,13H,3-5,8H2,1-2H3. The molecule has 6 heteroatoms. The maximum absolute atomic E-state index is 5.80. The van der Waals surface area contributed by atoms with Crippen molar-refractivity contribution < 1.29 is 4.74 Å². The molecule has 1 aliphatic heterocycles. The minimum absolute atomic E-state index is 0.0688. The van der Waals surface area contributed by atoms with E-state index >= 15 is 0 Å². The maximum Gasteiger partial charge on any atom is 0.187 e. The molecule has 2 aromatic heterocycles. The van der Waals surface area contributed by atoms with Gasteiger partial charge in [-0.25, -0.2) is 14.6 Å². The molecule has 0 spiro atoms. The average Bonchev–Trinajstić information content (AvgIpc) is 2.90. The largest absolute Gasteiger partial charge is 0.357 e. The van der Waals surface area contributed by atoms with Gasteiger partial charge in [-0.2, -0.15) is 5.10 Å². The van der Waals surface area contributed by atoms with Crippen LogP contribution in [0.15, 0.2) is 23.6 Å². The number of rotatable bonds is 3. The Bertz CT molecular complexity index is 593. The second kappa shape index (κ2) is 5.93. The lowest BCUT2D eigenvalue weighted by Crippen LogP contribution is -2.20. The molecule has 0 bridgehead atoms. The van der Waals surface area contributed by atoms with Crippen LogP contribution in [0.25, 0.3) is 11.3 Å². The lowest BCUT2D eigenvalue weighted by Gasteiger charge is -2.24. The number of ether oxygens (including phenoxy) is 1. The lowest BCUT2D eigenvalue weighted by atomic mass is 10.1. The molecule has 3 heterocycles. The zero-order valence-electron chi connectivity index (χ0n) is 11.7. The van der Waals surface area contributed by atoms with Gasteiger partial charge in [-0.3, -0.25) is 0 Å². The van der Waals surface area contributed by atoms with Gasteiger partial charge in [0, 0.05) is 24.1 Å². The third kappa shape index (κ3) is 2.58. The molecule has 1 fully saturated rings. The number of nitrogens with zero attached hydrogens (tertiary/aromatic N) is 4. The second-order valence-corrected chi connectivity index (χ2v) is 5.61. The normalized spacial score (nSPS) is 19.2. The van der Waals surface area contributed by atoms with E-state index in [0.717, 1.165) is 41.6 Å². The van der Waals surface area contributed by atoms with Crippen molar-refractivity contribution in [3.63, 3.8) is 0 Å². The summed E-state index contributed by atoms with van der Waals surface area (Å²) in [7, 11) is 0. The molecule has 1 aliphatic rings.